The number of aromatic amines is 1. The molecule has 14 heavy (non-hydrogen) atoms. The summed E-state index contributed by atoms with van der Waals surface area (Å²) in [5.41, 5.74) is 1.70. The minimum atomic E-state index is 0.319. The Hall–Kier alpha value is -1.61. The van der Waals surface area contributed by atoms with Crippen LogP contribution >= 0.6 is 11.6 Å². The molecule has 0 aliphatic heterocycles. The summed E-state index contributed by atoms with van der Waals surface area (Å²) in [5, 5.41) is 0.657. The van der Waals surface area contributed by atoms with E-state index in [-0.39, 0.29) is 0 Å². The first-order valence-corrected chi connectivity index (χ1v) is 4.43. The number of imidazole rings is 1. The van der Waals surface area contributed by atoms with Crippen LogP contribution in [-0.2, 0) is 0 Å². The lowest BCUT2D eigenvalue weighted by molar-refractivity contribution is 0.111. The molecule has 70 valence electrons. The van der Waals surface area contributed by atoms with Crippen LogP contribution in [0, 0.1) is 0 Å². The van der Waals surface area contributed by atoms with Gasteiger partial charge in [-0.15, -0.1) is 0 Å². The van der Waals surface area contributed by atoms with Crippen molar-refractivity contribution in [1.29, 1.82) is 0 Å². The van der Waals surface area contributed by atoms with Gasteiger partial charge >= 0.3 is 0 Å². The lowest BCUT2D eigenvalue weighted by Crippen LogP contribution is -1.81. The average Bonchev–Trinajstić information content (AvgIpc) is 2.66. The van der Waals surface area contributed by atoms with E-state index >= 15 is 0 Å². The van der Waals surface area contributed by atoms with Crippen LogP contribution in [0.3, 0.4) is 0 Å². The van der Waals surface area contributed by atoms with E-state index in [0.717, 1.165) is 11.3 Å². The van der Waals surface area contributed by atoms with E-state index in [1.165, 1.54) is 0 Å². The van der Waals surface area contributed by atoms with Gasteiger partial charge in [-0.1, -0.05) is 23.7 Å². The van der Waals surface area contributed by atoms with Crippen molar-refractivity contribution in [2.24, 2.45) is 0 Å². The molecule has 1 aromatic heterocycles. The molecule has 0 bridgehead atoms. The van der Waals surface area contributed by atoms with Crippen LogP contribution in [0.1, 0.15) is 10.6 Å². The molecule has 0 radical (unpaired) electrons. The average molecular weight is 207 g/mol. The van der Waals surface area contributed by atoms with E-state index in [4.69, 9.17) is 11.6 Å². The molecular weight excluding hydrogens is 200 g/mol. The van der Waals surface area contributed by atoms with Crippen molar-refractivity contribution < 1.29 is 4.79 Å². The molecule has 0 amide bonds. The van der Waals surface area contributed by atoms with Gasteiger partial charge in [0.15, 0.2) is 12.1 Å². The summed E-state index contributed by atoms with van der Waals surface area (Å²) in [6.45, 7) is 0. The highest BCUT2D eigenvalue weighted by atomic mass is 35.5. The Morgan fingerprint density at radius 1 is 1.43 bits per heavy atom. The van der Waals surface area contributed by atoms with Gasteiger partial charge < -0.3 is 4.98 Å². The van der Waals surface area contributed by atoms with Crippen molar-refractivity contribution in [3.05, 3.63) is 41.3 Å². The summed E-state index contributed by atoms with van der Waals surface area (Å²) < 4.78 is 0. The summed E-state index contributed by atoms with van der Waals surface area (Å²) in [7, 11) is 0. The predicted octanol–water partition coefficient (Wildman–Crippen LogP) is 2.54. The van der Waals surface area contributed by atoms with Gasteiger partial charge in [0, 0.05) is 10.6 Å². The number of rotatable bonds is 2. The second kappa shape index (κ2) is 3.64. The summed E-state index contributed by atoms with van der Waals surface area (Å²) >= 11 is 5.83. The number of aldehydes is 1. The highest BCUT2D eigenvalue weighted by Crippen LogP contribution is 2.20. The SMILES string of the molecule is O=Cc1ncc(-c2cccc(Cl)c2)[nH]1. The summed E-state index contributed by atoms with van der Waals surface area (Å²) in [4.78, 5) is 17.1. The molecule has 0 atom stereocenters. The summed E-state index contributed by atoms with van der Waals surface area (Å²) in [6, 6.07) is 7.35. The highest BCUT2D eigenvalue weighted by molar-refractivity contribution is 6.30. The Morgan fingerprint density at radius 2 is 2.29 bits per heavy atom. The van der Waals surface area contributed by atoms with Crippen molar-refractivity contribution in [3.8, 4) is 11.3 Å². The molecule has 0 unspecified atom stereocenters. The zero-order chi connectivity index (χ0) is 9.97. The largest absolute Gasteiger partial charge is 0.336 e. The zero-order valence-electron chi connectivity index (χ0n) is 7.20. The van der Waals surface area contributed by atoms with E-state index in [2.05, 4.69) is 9.97 Å². The normalized spacial score (nSPS) is 10.1. The molecule has 0 aliphatic rings. The number of carbonyl (C=O) groups excluding carboxylic acids is 1. The van der Waals surface area contributed by atoms with Crippen molar-refractivity contribution in [2.75, 3.05) is 0 Å². The van der Waals surface area contributed by atoms with Crippen molar-refractivity contribution in [2.45, 2.75) is 0 Å². The molecule has 0 fully saturated rings. The van der Waals surface area contributed by atoms with E-state index in [1.54, 1.807) is 12.3 Å². The topological polar surface area (TPSA) is 45.8 Å². The van der Waals surface area contributed by atoms with Crippen LogP contribution in [0.5, 0.6) is 0 Å². The van der Waals surface area contributed by atoms with Gasteiger partial charge in [-0.3, -0.25) is 4.79 Å². The van der Waals surface area contributed by atoms with E-state index in [9.17, 15) is 4.79 Å². The van der Waals surface area contributed by atoms with Gasteiger partial charge in [-0.05, 0) is 12.1 Å². The molecule has 1 heterocycles. The van der Waals surface area contributed by atoms with Crippen molar-refractivity contribution >= 4 is 17.9 Å². The molecule has 4 heteroatoms. The lowest BCUT2D eigenvalue weighted by Gasteiger charge is -1.96. The fourth-order valence-electron chi connectivity index (χ4n) is 1.20. The summed E-state index contributed by atoms with van der Waals surface area (Å²) in [5.74, 6) is 0.319. The number of aromatic nitrogens is 2. The first-order chi connectivity index (χ1) is 6.79. The molecule has 3 nitrogen and oxygen atoms in total. The number of H-pyrrole nitrogens is 1. The molecule has 0 spiro atoms. The fourth-order valence-corrected chi connectivity index (χ4v) is 1.39. The number of hydrogen-bond acceptors (Lipinski definition) is 2. The second-order valence-electron chi connectivity index (χ2n) is 2.81. The van der Waals surface area contributed by atoms with Crippen LogP contribution in [0.4, 0.5) is 0 Å². The Bertz CT molecular complexity index is 465. The maximum absolute atomic E-state index is 10.4. The maximum atomic E-state index is 10.4. The third-order valence-electron chi connectivity index (χ3n) is 1.84. The predicted molar refractivity (Wildman–Crippen MR) is 54.4 cm³/mol. The first kappa shape index (κ1) is 8.97. The van der Waals surface area contributed by atoms with Crippen LogP contribution < -0.4 is 0 Å². The number of nitrogens with zero attached hydrogens (tertiary/aromatic N) is 1. The second-order valence-corrected chi connectivity index (χ2v) is 3.25. The summed E-state index contributed by atoms with van der Waals surface area (Å²) in [6.07, 6.45) is 2.28. The minimum absolute atomic E-state index is 0.319. The molecule has 0 aliphatic carbocycles. The van der Waals surface area contributed by atoms with Crippen LogP contribution in [-0.4, -0.2) is 16.3 Å². The lowest BCUT2D eigenvalue weighted by atomic mass is 10.2. The maximum Gasteiger partial charge on any atom is 0.185 e. The van der Waals surface area contributed by atoms with E-state index < -0.39 is 0 Å². The van der Waals surface area contributed by atoms with Gasteiger partial charge in [0.1, 0.15) is 0 Å². The van der Waals surface area contributed by atoms with Crippen molar-refractivity contribution in [1.82, 2.24) is 9.97 Å². The van der Waals surface area contributed by atoms with Gasteiger partial charge in [0.05, 0.1) is 11.9 Å². The Labute approximate surface area is 85.7 Å². The van der Waals surface area contributed by atoms with Crippen LogP contribution in [0.25, 0.3) is 11.3 Å². The molecule has 1 aromatic carbocycles. The molecular formula is C10H7ClN2O. The Kier molecular flexibility index (Phi) is 2.33. The Balaban J connectivity index is 2.43. The van der Waals surface area contributed by atoms with E-state index in [0.29, 0.717) is 17.1 Å². The van der Waals surface area contributed by atoms with Crippen molar-refractivity contribution in [3.63, 3.8) is 0 Å². The van der Waals surface area contributed by atoms with Gasteiger partial charge in [0.25, 0.3) is 0 Å². The minimum Gasteiger partial charge on any atom is -0.336 e. The smallest absolute Gasteiger partial charge is 0.185 e. The van der Waals surface area contributed by atoms with Gasteiger partial charge in [-0.2, -0.15) is 0 Å². The molecule has 1 N–H and O–H groups in total. The monoisotopic (exact) mass is 206 g/mol. The molecule has 0 saturated heterocycles. The number of carbonyl (C=O) groups is 1. The molecule has 0 saturated carbocycles. The van der Waals surface area contributed by atoms with Crippen LogP contribution in [0.2, 0.25) is 5.02 Å². The number of hydrogen-bond donors (Lipinski definition) is 1. The Morgan fingerprint density at radius 3 is 2.93 bits per heavy atom. The first-order valence-electron chi connectivity index (χ1n) is 4.06. The van der Waals surface area contributed by atoms with E-state index in [1.807, 2.05) is 18.2 Å². The number of benzene rings is 1. The molecule has 2 rings (SSSR count). The third-order valence-corrected chi connectivity index (χ3v) is 2.08. The zero-order valence-corrected chi connectivity index (χ0v) is 7.95. The highest BCUT2D eigenvalue weighted by Gasteiger charge is 2.02. The number of nitrogens with one attached hydrogen (secondary N) is 1. The number of halogens is 1. The molecule has 2 aromatic rings. The van der Waals surface area contributed by atoms with Gasteiger partial charge in [0.2, 0.25) is 0 Å². The van der Waals surface area contributed by atoms with Crippen LogP contribution in [0.15, 0.2) is 30.5 Å². The third kappa shape index (κ3) is 1.67. The fraction of sp³-hybridized carbons (Fsp3) is 0. The standard InChI is InChI=1S/C10H7ClN2O/c11-8-3-1-2-7(4-8)9-5-12-10(6-14)13-9/h1-6H,(H,12,13). The van der Waals surface area contributed by atoms with Gasteiger partial charge in [-0.25, -0.2) is 4.98 Å². The quantitative estimate of drug-likeness (QED) is 0.768.